The predicted molar refractivity (Wildman–Crippen MR) is 87.6 cm³/mol. The summed E-state index contributed by atoms with van der Waals surface area (Å²) in [5.74, 6) is 1.50. The van der Waals surface area contributed by atoms with Gasteiger partial charge in [-0.1, -0.05) is 13.0 Å². The van der Waals surface area contributed by atoms with Crippen LogP contribution < -0.4 is 10.2 Å². The van der Waals surface area contributed by atoms with Crippen molar-refractivity contribution in [3.63, 3.8) is 0 Å². The number of aliphatic hydroxyl groups is 1. The van der Waals surface area contributed by atoms with E-state index >= 15 is 0 Å². The molecular formula is C17H29N3O. The molecule has 1 aliphatic rings. The molecule has 0 amide bonds. The molecule has 2 unspecified atom stereocenters. The second-order valence-electron chi connectivity index (χ2n) is 6.19. The van der Waals surface area contributed by atoms with E-state index < -0.39 is 0 Å². The van der Waals surface area contributed by atoms with Crippen LogP contribution in [0.25, 0.3) is 0 Å². The minimum atomic E-state index is -0.187. The van der Waals surface area contributed by atoms with Gasteiger partial charge in [-0.15, -0.1) is 0 Å². The minimum Gasteiger partial charge on any atom is -0.393 e. The molecule has 4 nitrogen and oxygen atoms in total. The zero-order chi connectivity index (χ0) is 15.2. The highest BCUT2D eigenvalue weighted by atomic mass is 16.3. The Labute approximate surface area is 128 Å². The first kappa shape index (κ1) is 16.2. The lowest BCUT2D eigenvalue weighted by atomic mass is 9.92. The monoisotopic (exact) mass is 291 g/mol. The first-order valence-electron chi connectivity index (χ1n) is 8.24. The zero-order valence-corrected chi connectivity index (χ0v) is 13.5. The van der Waals surface area contributed by atoms with Gasteiger partial charge in [0, 0.05) is 25.3 Å². The fourth-order valence-corrected chi connectivity index (χ4v) is 2.93. The van der Waals surface area contributed by atoms with E-state index in [2.05, 4.69) is 41.2 Å². The number of piperidine rings is 1. The summed E-state index contributed by atoms with van der Waals surface area (Å²) in [6.45, 7) is 9.28. The summed E-state index contributed by atoms with van der Waals surface area (Å²) >= 11 is 0. The van der Waals surface area contributed by atoms with Crippen LogP contribution in [0.15, 0.2) is 18.3 Å². The number of pyridine rings is 1. The van der Waals surface area contributed by atoms with Crippen molar-refractivity contribution in [2.45, 2.75) is 52.2 Å². The molecule has 4 heteroatoms. The maximum absolute atomic E-state index is 9.66. The summed E-state index contributed by atoms with van der Waals surface area (Å²) in [6.07, 6.45) is 5.05. The molecule has 21 heavy (non-hydrogen) atoms. The van der Waals surface area contributed by atoms with Gasteiger partial charge in [0.2, 0.25) is 0 Å². The summed E-state index contributed by atoms with van der Waals surface area (Å²) in [6, 6.07) is 4.66. The maximum atomic E-state index is 9.66. The molecule has 1 saturated heterocycles. The van der Waals surface area contributed by atoms with E-state index in [9.17, 15) is 5.11 Å². The summed E-state index contributed by atoms with van der Waals surface area (Å²) in [7, 11) is 0. The number of hydrogen-bond donors (Lipinski definition) is 2. The average Bonchev–Trinajstić information content (AvgIpc) is 2.53. The summed E-state index contributed by atoms with van der Waals surface area (Å²) in [5, 5.41) is 13.1. The van der Waals surface area contributed by atoms with Crippen LogP contribution in [-0.4, -0.2) is 35.8 Å². The molecule has 0 aliphatic carbocycles. The van der Waals surface area contributed by atoms with Gasteiger partial charge in [-0.2, -0.15) is 0 Å². The molecule has 1 aromatic heterocycles. The molecule has 2 rings (SSSR count). The van der Waals surface area contributed by atoms with Gasteiger partial charge >= 0.3 is 0 Å². The lowest BCUT2D eigenvalue weighted by Gasteiger charge is -2.34. The van der Waals surface area contributed by atoms with Crippen LogP contribution in [0.2, 0.25) is 0 Å². The van der Waals surface area contributed by atoms with Crippen molar-refractivity contribution in [3.05, 3.63) is 23.9 Å². The molecular weight excluding hydrogens is 262 g/mol. The number of aliphatic hydroxyl groups excluding tert-OH is 1. The lowest BCUT2D eigenvalue weighted by Crippen LogP contribution is -2.37. The predicted octanol–water partition coefficient (Wildman–Crippen LogP) is 2.74. The Morgan fingerprint density at radius 3 is 2.57 bits per heavy atom. The standard InChI is InChI=1S/C17H29N3O/c1-4-9-18-13(2)16-5-6-17(19-12-16)20-10-7-15(8-11-20)14(3)21/h5-6,12-15,18,21H,4,7-11H2,1-3H3. The van der Waals surface area contributed by atoms with Crippen LogP contribution in [-0.2, 0) is 0 Å². The van der Waals surface area contributed by atoms with Crippen molar-refractivity contribution < 1.29 is 5.11 Å². The van der Waals surface area contributed by atoms with Crippen LogP contribution in [0.1, 0.15) is 51.6 Å². The topological polar surface area (TPSA) is 48.4 Å². The van der Waals surface area contributed by atoms with Crippen LogP contribution >= 0.6 is 0 Å². The highest BCUT2D eigenvalue weighted by molar-refractivity contribution is 5.40. The Balaban J connectivity index is 1.91. The lowest BCUT2D eigenvalue weighted by molar-refractivity contribution is 0.110. The molecule has 1 aliphatic heterocycles. The highest BCUT2D eigenvalue weighted by Crippen LogP contribution is 2.24. The fourth-order valence-electron chi connectivity index (χ4n) is 2.93. The molecule has 0 spiro atoms. The van der Waals surface area contributed by atoms with Crippen molar-refractivity contribution in [2.75, 3.05) is 24.5 Å². The van der Waals surface area contributed by atoms with Gasteiger partial charge in [0.25, 0.3) is 0 Å². The quantitative estimate of drug-likeness (QED) is 0.846. The van der Waals surface area contributed by atoms with Gasteiger partial charge < -0.3 is 15.3 Å². The Hall–Kier alpha value is -1.13. The van der Waals surface area contributed by atoms with E-state index in [-0.39, 0.29) is 6.10 Å². The van der Waals surface area contributed by atoms with E-state index in [1.54, 1.807) is 0 Å². The number of nitrogens with one attached hydrogen (secondary N) is 1. The fraction of sp³-hybridized carbons (Fsp3) is 0.706. The first-order chi connectivity index (χ1) is 10.1. The third-order valence-corrected chi connectivity index (χ3v) is 4.52. The Bertz CT molecular complexity index is 411. The first-order valence-corrected chi connectivity index (χ1v) is 8.24. The van der Waals surface area contributed by atoms with Crippen molar-refractivity contribution in [2.24, 2.45) is 5.92 Å². The van der Waals surface area contributed by atoms with E-state index in [0.29, 0.717) is 12.0 Å². The van der Waals surface area contributed by atoms with Gasteiger partial charge in [-0.3, -0.25) is 0 Å². The molecule has 2 atom stereocenters. The summed E-state index contributed by atoms with van der Waals surface area (Å²) in [5.41, 5.74) is 1.24. The number of hydrogen-bond acceptors (Lipinski definition) is 4. The van der Waals surface area contributed by atoms with Crippen molar-refractivity contribution in [1.82, 2.24) is 10.3 Å². The maximum Gasteiger partial charge on any atom is 0.128 e. The number of nitrogens with zero attached hydrogens (tertiary/aromatic N) is 2. The molecule has 1 fully saturated rings. The zero-order valence-electron chi connectivity index (χ0n) is 13.5. The number of aromatic nitrogens is 1. The van der Waals surface area contributed by atoms with Crippen LogP contribution in [0.5, 0.6) is 0 Å². The molecule has 0 radical (unpaired) electrons. The average molecular weight is 291 g/mol. The van der Waals surface area contributed by atoms with E-state index in [1.807, 2.05) is 13.1 Å². The van der Waals surface area contributed by atoms with Gasteiger partial charge in [-0.25, -0.2) is 4.98 Å². The van der Waals surface area contributed by atoms with Gasteiger partial charge in [0.15, 0.2) is 0 Å². The summed E-state index contributed by atoms with van der Waals surface area (Å²) in [4.78, 5) is 6.95. The van der Waals surface area contributed by atoms with E-state index in [4.69, 9.17) is 0 Å². The molecule has 0 aromatic carbocycles. The highest BCUT2D eigenvalue weighted by Gasteiger charge is 2.23. The largest absolute Gasteiger partial charge is 0.393 e. The smallest absolute Gasteiger partial charge is 0.128 e. The van der Waals surface area contributed by atoms with Crippen LogP contribution in [0.4, 0.5) is 5.82 Å². The Kier molecular flexibility index (Phi) is 6.00. The Morgan fingerprint density at radius 2 is 2.05 bits per heavy atom. The number of rotatable bonds is 6. The summed E-state index contributed by atoms with van der Waals surface area (Å²) < 4.78 is 0. The van der Waals surface area contributed by atoms with Gasteiger partial charge in [0.05, 0.1) is 6.10 Å². The molecule has 2 N–H and O–H groups in total. The second kappa shape index (κ2) is 7.76. The SMILES string of the molecule is CCCNC(C)c1ccc(N2CCC(C(C)O)CC2)nc1. The van der Waals surface area contributed by atoms with Gasteiger partial charge in [-0.05, 0) is 57.2 Å². The third kappa shape index (κ3) is 4.42. The minimum absolute atomic E-state index is 0.187. The molecule has 2 heterocycles. The number of anilines is 1. The van der Waals surface area contributed by atoms with Crippen molar-refractivity contribution >= 4 is 5.82 Å². The van der Waals surface area contributed by atoms with Gasteiger partial charge in [0.1, 0.15) is 5.82 Å². The van der Waals surface area contributed by atoms with Crippen molar-refractivity contribution in [1.29, 1.82) is 0 Å². The Morgan fingerprint density at radius 1 is 1.33 bits per heavy atom. The normalized spacial score (nSPS) is 19.5. The third-order valence-electron chi connectivity index (χ3n) is 4.52. The van der Waals surface area contributed by atoms with Crippen LogP contribution in [0, 0.1) is 5.92 Å². The van der Waals surface area contributed by atoms with E-state index in [1.165, 1.54) is 5.56 Å². The molecule has 0 saturated carbocycles. The molecule has 118 valence electrons. The second-order valence-corrected chi connectivity index (χ2v) is 6.19. The van der Waals surface area contributed by atoms with Crippen molar-refractivity contribution in [3.8, 4) is 0 Å². The molecule has 0 bridgehead atoms. The molecule has 1 aromatic rings. The van der Waals surface area contributed by atoms with Crippen LogP contribution in [0.3, 0.4) is 0 Å². The van der Waals surface area contributed by atoms with E-state index in [0.717, 1.165) is 44.7 Å².